The number of pyridine rings is 1. The second-order valence-electron chi connectivity index (χ2n) is 7.61. The Balaban J connectivity index is 2.30. The van der Waals surface area contributed by atoms with E-state index < -0.39 is 14.6 Å². The molecule has 0 unspecified atom stereocenters. The molecule has 7 nitrogen and oxygen atoms in total. The average Bonchev–Trinajstić information content (AvgIpc) is 3.02. The third kappa shape index (κ3) is 3.07. The van der Waals surface area contributed by atoms with Crippen molar-refractivity contribution < 1.29 is 17.9 Å². The minimum Gasteiger partial charge on any atom is -0.495 e. The van der Waals surface area contributed by atoms with Crippen LogP contribution in [0.3, 0.4) is 0 Å². The van der Waals surface area contributed by atoms with Gasteiger partial charge in [-0.05, 0) is 45.4 Å². The number of ether oxygens (including phenoxy) is 2. The van der Waals surface area contributed by atoms with Gasteiger partial charge in [-0.15, -0.1) is 0 Å². The lowest BCUT2D eigenvalue weighted by molar-refractivity contribution is 0.401. The Morgan fingerprint density at radius 2 is 1.79 bits per heavy atom. The molecule has 0 fully saturated rings. The van der Waals surface area contributed by atoms with Gasteiger partial charge in [0.25, 0.3) is 0 Å². The van der Waals surface area contributed by atoms with Gasteiger partial charge in [-0.1, -0.05) is 0 Å². The molecule has 2 aromatic heterocycles. The number of aryl methyl sites for hydroxylation is 1. The van der Waals surface area contributed by atoms with Gasteiger partial charge in [0.05, 0.1) is 36.5 Å². The average molecular weight is 404 g/mol. The summed E-state index contributed by atoms with van der Waals surface area (Å²) in [7, 11) is -0.612. The number of aromatic nitrogens is 2. The van der Waals surface area contributed by atoms with Crippen molar-refractivity contribution in [3.63, 3.8) is 0 Å². The SMILES string of the molecule is COc1cc2ncc(-c3cc(C)c(OC)c(N)c3)n2cc1S(=O)(=O)C(C)(C)C. The highest BCUT2D eigenvalue weighted by molar-refractivity contribution is 7.92. The zero-order chi connectivity index (χ0) is 20.9. The van der Waals surface area contributed by atoms with Crippen LogP contribution in [-0.2, 0) is 9.84 Å². The number of hydrogen-bond donors (Lipinski definition) is 1. The van der Waals surface area contributed by atoms with Crippen molar-refractivity contribution in [3.05, 3.63) is 36.2 Å². The van der Waals surface area contributed by atoms with Crippen molar-refractivity contribution in [2.75, 3.05) is 20.0 Å². The van der Waals surface area contributed by atoms with E-state index in [1.54, 1.807) is 56.8 Å². The zero-order valence-corrected chi connectivity index (χ0v) is 17.7. The smallest absolute Gasteiger partial charge is 0.188 e. The monoisotopic (exact) mass is 403 g/mol. The topological polar surface area (TPSA) is 95.9 Å². The van der Waals surface area contributed by atoms with Crippen LogP contribution in [0, 0.1) is 6.92 Å². The summed E-state index contributed by atoms with van der Waals surface area (Å²) in [5, 5.41) is 0. The van der Waals surface area contributed by atoms with Crippen LogP contribution in [0.15, 0.2) is 35.5 Å². The van der Waals surface area contributed by atoms with Crippen molar-refractivity contribution in [2.45, 2.75) is 37.3 Å². The zero-order valence-electron chi connectivity index (χ0n) is 16.9. The third-order valence-corrected chi connectivity index (χ3v) is 7.19. The summed E-state index contributed by atoms with van der Waals surface area (Å²) in [6, 6.07) is 5.35. The van der Waals surface area contributed by atoms with E-state index in [1.165, 1.54) is 7.11 Å². The Morgan fingerprint density at radius 3 is 2.32 bits per heavy atom. The highest BCUT2D eigenvalue weighted by Crippen LogP contribution is 2.36. The Labute approximate surface area is 165 Å². The molecule has 1 aromatic carbocycles. The van der Waals surface area contributed by atoms with E-state index in [0.717, 1.165) is 16.8 Å². The maximum absolute atomic E-state index is 13.1. The number of nitrogens with zero attached hydrogens (tertiary/aromatic N) is 2. The van der Waals surface area contributed by atoms with Crippen LogP contribution >= 0.6 is 0 Å². The predicted octanol–water partition coefficient (Wildman–Crippen LogP) is 3.48. The fraction of sp³-hybridized carbons (Fsp3) is 0.350. The van der Waals surface area contributed by atoms with Gasteiger partial charge in [0.15, 0.2) is 9.84 Å². The van der Waals surface area contributed by atoms with E-state index in [0.29, 0.717) is 17.1 Å². The molecule has 0 amide bonds. The summed E-state index contributed by atoms with van der Waals surface area (Å²) in [6.45, 7) is 6.89. The molecule has 8 heteroatoms. The minimum absolute atomic E-state index is 0.118. The van der Waals surface area contributed by atoms with E-state index in [2.05, 4.69) is 4.98 Å². The molecular formula is C20H25N3O4S. The van der Waals surface area contributed by atoms with Gasteiger partial charge in [0.2, 0.25) is 0 Å². The number of hydrogen-bond acceptors (Lipinski definition) is 6. The van der Waals surface area contributed by atoms with E-state index in [-0.39, 0.29) is 10.6 Å². The van der Waals surface area contributed by atoms with Crippen LogP contribution < -0.4 is 15.2 Å². The maximum atomic E-state index is 13.1. The van der Waals surface area contributed by atoms with Crippen LogP contribution in [0.1, 0.15) is 26.3 Å². The molecule has 0 saturated carbocycles. The van der Waals surface area contributed by atoms with E-state index in [4.69, 9.17) is 15.2 Å². The summed E-state index contributed by atoms with van der Waals surface area (Å²) in [6.07, 6.45) is 3.25. The predicted molar refractivity (Wildman–Crippen MR) is 110 cm³/mol. The summed E-state index contributed by atoms with van der Waals surface area (Å²) in [4.78, 5) is 4.53. The number of benzene rings is 1. The van der Waals surface area contributed by atoms with Crippen molar-refractivity contribution >= 4 is 21.2 Å². The molecular weight excluding hydrogens is 378 g/mol. The molecule has 0 atom stereocenters. The molecule has 0 aliphatic heterocycles. The first-order chi connectivity index (χ1) is 13.0. The van der Waals surface area contributed by atoms with Crippen LogP contribution in [0.4, 0.5) is 5.69 Å². The Hall–Kier alpha value is -2.74. The summed E-state index contributed by atoms with van der Waals surface area (Å²) >= 11 is 0. The van der Waals surface area contributed by atoms with Gasteiger partial charge in [-0.2, -0.15) is 0 Å². The summed E-state index contributed by atoms with van der Waals surface area (Å²) in [5.41, 5.74) is 9.61. The number of nitrogen functional groups attached to an aromatic ring is 1. The highest BCUT2D eigenvalue weighted by Gasteiger charge is 2.34. The molecule has 3 rings (SSSR count). The van der Waals surface area contributed by atoms with Crippen LogP contribution in [0.5, 0.6) is 11.5 Å². The Morgan fingerprint density at radius 1 is 1.11 bits per heavy atom. The molecule has 2 heterocycles. The lowest BCUT2D eigenvalue weighted by atomic mass is 10.1. The summed E-state index contributed by atoms with van der Waals surface area (Å²) < 4.78 is 37.6. The number of methoxy groups -OCH3 is 2. The standard InChI is InChI=1S/C20H25N3O4S/c1-12-7-13(8-14(21)19(12)27-6)15-10-22-18-9-16(26-5)17(11-23(15)18)28(24,25)20(2,3)4/h7-11H,21H2,1-6H3. The molecule has 0 aliphatic rings. The molecule has 0 saturated heterocycles. The first-order valence-corrected chi connectivity index (χ1v) is 10.2. The fourth-order valence-corrected chi connectivity index (χ4v) is 4.43. The molecule has 0 aliphatic carbocycles. The van der Waals surface area contributed by atoms with E-state index in [9.17, 15) is 8.42 Å². The molecule has 3 aromatic rings. The fourth-order valence-electron chi connectivity index (χ4n) is 3.12. The lowest BCUT2D eigenvalue weighted by Gasteiger charge is -2.21. The molecule has 28 heavy (non-hydrogen) atoms. The Kier molecular flexibility index (Phi) is 4.79. The molecule has 0 bridgehead atoms. The normalized spacial score (nSPS) is 12.4. The quantitative estimate of drug-likeness (QED) is 0.670. The largest absolute Gasteiger partial charge is 0.495 e. The first-order valence-electron chi connectivity index (χ1n) is 8.75. The number of nitrogens with two attached hydrogens (primary N) is 1. The number of imidazole rings is 1. The van der Waals surface area contributed by atoms with Gasteiger partial charge >= 0.3 is 0 Å². The Bertz CT molecular complexity index is 1140. The van der Waals surface area contributed by atoms with Crippen molar-refractivity contribution in [1.29, 1.82) is 0 Å². The summed E-state index contributed by atoms with van der Waals surface area (Å²) in [5.74, 6) is 0.889. The van der Waals surface area contributed by atoms with Crippen molar-refractivity contribution in [1.82, 2.24) is 9.38 Å². The van der Waals surface area contributed by atoms with Crippen LogP contribution in [-0.4, -0.2) is 36.8 Å². The minimum atomic E-state index is -3.63. The molecule has 2 N–H and O–H groups in total. The third-order valence-electron chi connectivity index (χ3n) is 4.69. The van der Waals surface area contributed by atoms with Gasteiger partial charge in [0.1, 0.15) is 22.0 Å². The van der Waals surface area contributed by atoms with Gasteiger partial charge < -0.3 is 15.2 Å². The van der Waals surface area contributed by atoms with Crippen LogP contribution in [0.2, 0.25) is 0 Å². The van der Waals surface area contributed by atoms with Crippen molar-refractivity contribution in [2.24, 2.45) is 0 Å². The highest BCUT2D eigenvalue weighted by atomic mass is 32.2. The second-order valence-corrected chi connectivity index (χ2v) is 10.3. The van der Waals surface area contributed by atoms with E-state index >= 15 is 0 Å². The number of rotatable bonds is 4. The first kappa shape index (κ1) is 20.0. The van der Waals surface area contributed by atoms with Gasteiger partial charge in [-0.25, -0.2) is 13.4 Å². The number of fused-ring (bicyclic) bond motifs is 1. The van der Waals surface area contributed by atoms with Crippen LogP contribution in [0.25, 0.3) is 16.9 Å². The molecule has 150 valence electrons. The number of anilines is 1. The molecule has 0 spiro atoms. The maximum Gasteiger partial charge on any atom is 0.188 e. The molecule has 0 radical (unpaired) electrons. The van der Waals surface area contributed by atoms with Crippen molar-refractivity contribution in [3.8, 4) is 22.8 Å². The van der Waals surface area contributed by atoms with Gasteiger partial charge in [0, 0.05) is 17.8 Å². The second kappa shape index (κ2) is 6.70. The number of sulfone groups is 1. The van der Waals surface area contributed by atoms with E-state index in [1.807, 2.05) is 13.0 Å². The lowest BCUT2D eigenvalue weighted by Crippen LogP contribution is -2.28. The van der Waals surface area contributed by atoms with Gasteiger partial charge in [-0.3, -0.25) is 4.40 Å².